The van der Waals surface area contributed by atoms with E-state index in [4.69, 9.17) is 9.84 Å². The van der Waals surface area contributed by atoms with Crippen LogP contribution in [0.5, 0.6) is 0 Å². The number of hydrogen-bond donors (Lipinski definition) is 3. The van der Waals surface area contributed by atoms with Crippen LogP contribution in [0.1, 0.15) is 23.7 Å². The second-order valence-electron chi connectivity index (χ2n) is 5.12. The van der Waals surface area contributed by atoms with E-state index in [-0.39, 0.29) is 24.4 Å². The Kier molecular flexibility index (Phi) is 4.45. The van der Waals surface area contributed by atoms with Crippen LogP contribution in [0.3, 0.4) is 0 Å². The molecule has 0 saturated carbocycles. The minimum absolute atomic E-state index is 0.102. The van der Waals surface area contributed by atoms with E-state index in [1.807, 2.05) is 6.92 Å². The number of carboxylic acid groups (broad SMARTS) is 1. The molecule has 21 heavy (non-hydrogen) atoms. The zero-order valence-electron chi connectivity index (χ0n) is 11.6. The maximum Gasteiger partial charge on any atom is 0.335 e. The zero-order chi connectivity index (χ0) is 15.5. The Morgan fingerprint density at radius 3 is 2.38 bits per heavy atom. The molecule has 112 valence electrons. The lowest BCUT2D eigenvalue weighted by Gasteiger charge is -2.24. The molecule has 1 aromatic rings. The van der Waals surface area contributed by atoms with Crippen molar-refractivity contribution in [3.8, 4) is 0 Å². The average Bonchev–Trinajstić information content (AvgIpc) is 3.18. The number of aliphatic hydroxyl groups excluding tert-OH is 1. The van der Waals surface area contributed by atoms with Crippen LogP contribution < -0.4 is 0 Å². The second-order valence-corrected chi connectivity index (χ2v) is 5.12. The van der Waals surface area contributed by atoms with Gasteiger partial charge in [0.2, 0.25) is 0 Å². The van der Waals surface area contributed by atoms with E-state index in [0.717, 1.165) is 0 Å². The summed E-state index contributed by atoms with van der Waals surface area (Å²) < 4.78 is 5.17. The predicted molar refractivity (Wildman–Crippen MR) is 77.2 cm³/mol. The van der Waals surface area contributed by atoms with E-state index in [0.29, 0.717) is 5.56 Å². The monoisotopic (exact) mass is 290 g/mol. The number of aromatic carboxylic acids is 1. The molecule has 0 bridgehead atoms. The first kappa shape index (κ1) is 15.3. The highest BCUT2D eigenvalue weighted by atomic mass is 16.6. The number of hydrogen-bond acceptors (Lipinski definition) is 4. The van der Waals surface area contributed by atoms with Gasteiger partial charge in [0, 0.05) is 6.42 Å². The first-order chi connectivity index (χ1) is 9.92. The van der Waals surface area contributed by atoms with Crippen LogP contribution in [-0.2, 0) is 4.74 Å². The quantitative estimate of drug-likeness (QED) is 0.727. The van der Waals surface area contributed by atoms with Gasteiger partial charge in [0.1, 0.15) is 11.7 Å². The number of epoxide rings is 1. The molecule has 3 rings (SSSR count). The highest BCUT2D eigenvalue weighted by molar-refractivity contribution is 5.87. The molecule has 3 N–H and O–H groups in total. The smallest absolute Gasteiger partial charge is 0.335 e. The van der Waals surface area contributed by atoms with Crippen LogP contribution in [0, 0.1) is 0 Å². The van der Waals surface area contributed by atoms with E-state index in [1.54, 1.807) is 48.6 Å². The molecule has 0 amide bonds. The number of aliphatic hydroxyl groups is 2. The van der Waals surface area contributed by atoms with Gasteiger partial charge < -0.3 is 20.1 Å². The van der Waals surface area contributed by atoms with Gasteiger partial charge in [-0.3, -0.25) is 0 Å². The van der Waals surface area contributed by atoms with Gasteiger partial charge in [0.25, 0.3) is 0 Å². The molecule has 0 radical (unpaired) electrons. The van der Waals surface area contributed by atoms with Crippen LogP contribution in [0.4, 0.5) is 0 Å². The molecule has 0 aromatic heterocycles. The molecule has 5 heteroatoms. The summed E-state index contributed by atoms with van der Waals surface area (Å²) in [6.07, 6.45) is 5.14. The molecule has 3 unspecified atom stereocenters. The highest BCUT2D eigenvalue weighted by Gasteiger charge is 2.51. The summed E-state index contributed by atoms with van der Waals surface area (Å²) in [6.45, 7) is 1.91. The SMILES string of the molecule is CC1OC1C1(O)C=CC=C(O)C1.O=C(O)c1ccccc1. The summed E-state index contributed by atoms with van der Waals surface area (Å²) >= 11 is 0. The Labute approximate surface area is 122 Å². The topological polar surface area (TPSA) is 90.3 Å². The summed E-state index contributed by atoms with van der Waals surface area (Å²) in [7, 11) is 0. The summed E-state index contributed by atoms with van der Waals surface area (Å²) in [5, 5.41) is 27.5. The van der Waals surface area contributed by atoms with Gasteiger partial charge in [-0.2, -0.15) is 0 Å². The summed E-state index contributed by atoms with van der Waals surface area (Å²) in [5.74, 6) is -0.668. The zero-order valence-corrected chi connectivity index (χ0v) is 11.6. The van der Waals surface area contributed by atoms with Crippen molar-refractivity contribution in [2.75, 3.05) is 0 Å². The first-order valence-corrected chi connectivity index (χ1v) is 6.66. The van der Waals surface area contributed by atoms with Crippen molar-refractivity contribution in [1.82, 2.24) is 0 Å². The maximum atomic E-state index is 10.2. The van der Waals surface area contributed by atoms with Crippen molar-refractivity contribution in [3.63, 3.8) is 0 Å². The molecular weight excluding hydrogens is 272 g/mol. The fourth-order valence-corrected chi connectivity index (χ4v) is 2.22. The maximum absolute atomic E-state index is 10.2. The van der Waals surface area contributed by atoms with Crippen LogP contribution >= 0.6 is 0 Å². The highest BCUT2D eigenvalue weighted by Crippen LogP contribution is 2.38. The lowest BCUT2D eigenvalue weighted by Crippen LogP contribution is -2.35. The molecule has 5 nitrogen and oxygen atoms in total. The molecular formula is C16H18O5. The Morgan fingerprint density at radius 1 is 1.33 bits per heavy atom. The number of allylic oxidation sites excluding steroid dienone is 2. The van der Waals surface area contributed by atoms with Crippen molar-refractivity contribution >= 4 is 5.97 Å². The number of carbonyl (C=O) groups is 1. The molecule has 2 aliphatic rings. The Hall–Kier alpha value is -2.11. The van der Waals surface area contributed by atoms with Gasteiger partial charge in [0.05, 0.1) is 17.4 Å². The van der Waals surface area contributed by atoms with Crippen molar-refractivity contribution in [1.29, 1.82) is 0 Å². The molecule has 1 aliphatic carbocycles. The average molecular weight is 290 g/mol. The fourth-order valence-electron chi connectivity index (χ4n) is 2.22. The van der Waals surface area contributed by atoms with Crippen molar-refractivity contribution in [3.05, 3.63) is 59.9 Å². The van der Waals surface area contributed by atoms with Gasteiger partial charge in [-0.25, -0.2) is 4.79 Å². The summed E-state index contributed by atoms with van der Waals surface area (Å²) in [6, 6.07) is 8.30. The molecule has 1 heterocycles. The lowest BCUT2D eigenvalue weighted by molar-refractivity contribution is 0.0470. The molecule has 0 spiro atoms. The van der Waals surface area contributed by atoms with E-state index in [9.17, 15) is 15.0 Å². The van der Waals surface area contributed by atoms with Gasteiger partial charge in [0.15, 0.2) is 0 Å². The molecule has 1 saturated heterocycles. The number of benzene rings is 1. The van der Waals surface area contributed by atoms with Gasteiger partial charge in [-0.1, -0.05) is 24.3 Å². The van der Waals surface area contributed by atoms with Crippen molar-refractivity contribution in [2.45, 2.75) is 31.2 Å². The lowest BCUT2D eigenvalue weighted by atomic mass is 9.89. The van der Waals surface area contributed by atoms with Crippen LogP contribution in [0.25, 0.3) is 0 Å². The Bertz CT molecular complexity index is 563. The van der Waals surface area contributed by atoms with Crippen molar-refractivity contribution in [2.24, 2.45) is 0 Å². The van der Waals surface area contributed by atoms with Gasteiger partial charge in [-0.05, 0) is 31.2 Å². The number of rotatable bonds is 2. The molecule has 1 aromatic carbocycles. The third kappa shape index (κ3) is 3.93. The van der Waals surface area contributed by atoms with Crippen molar-refractivity contribution < 1.29 is 24.9 Å². The largest absolute Gasteiger partial charge is 0.512 e. The van der Waals surface area contributed by atoms with Crippen LogP contribution in [0.2, 0.25) is 0 Å². The second kappa shape index (κ2) is 6.11. The first-order valence-electron chi connectivity index (χ1n) is 6.66. The minimum atomic E-state index is -0.988. The van der Waals surface area contributed by atoms with Gasteiger partial charge >= 0.3 is 5.97 Å². The van der Waals surface area contributed by atoms with Crippen LogP contribution in [-0.4, -0.2) is 39.1 Å². The fraction of sp³-hybridized carbons (Fsp3) is 0.312. The normalized spacial score (nSPS) is 29.9. The minimum Gasteiger partial charge on any atom is -0.512 e. The van der Waals surface area contributed by atoms with E-state index >= 15 is 0 Å². The number of ether oxygens (including phenoxy) is 1. The Balaban J connectivity index is 0.000000161. The standard InChI is InChI=1S/C9H12O3.C7H6O2/c1-6-8(12-6)9(11)4-2-3-7(10)5-9;8-7(9)6-4-2-1-3-5-6/h2-4,6,8,10-11H,5H2,1H3;1-5H,(H,8,9). The molecule has 3 atom stereocenters. The Morgan fingerprint density at radius 2 is 1.95 bits per heavy atom. The summed E-state index contributed by atoms with van der Waals surface area (Å²) in [5.41, 5.74) is -0.657. The van der Waals surface area contributed by atoms with Gasteiger partial charge in [-0.15, -0.1) is 0 Å². The summed E-state index contributed by atoms with van der Waals surface area (Å²) in [4.78, 5) is 10.2. The molecule has 1 fully saturated rings. The van der Waals surface area contributed by atoms with E-state index in [2.05, 4.69) is 0 Å². The van der Waals surface area contributed by atoms with E-state index < -0.39 is 11.6 Å². The van der Waals surface area contributed by atoms with Crippen LogP contribution in [0.15, 0.2) is 54.3 Å². The third-order valence-corrected chi connectivity index (χ3v) is 3.36. The van der Waals surface area contributed by atoms with E-state index in [1.165, 1.54) is 0 Å². The number of carboxylic acids is 1. The third-order valence-electron chi connectivity index (χ3n) is 3.36. The predicted octanol–water partition coefficient (Wildman–Crippen LogP) is 2.29. The molecule has 1 aliphatic heterocycles.